The lowest BCUT2D eigenvalue weighted by molar-refractivity contribution is -0.181. The number of rotatable bonds is 5. The minimum Gasteiger partial charge on any atom is -0.507 e. The summed E-state index contributed by atoms with van der Waals surface area (Å²) in [5, 5.41) is 22.6. The monoisotopic (exact) mass is 519 g/mol. The number of aromatic hydroxyl groups is 1. The Labute approximate surface area is 213 Å². The van der Waals surface area contributed by atoms with Crippen LogP contribution in [0.15, 0.2) is 6.07 Å². The minimum atomic E-state index is -2.74. The topological polar surface area (TPSA) is 158 Å². The predicted molar refractivity (Wildman–Crippen MR) is 128 cm³/mol. The number of benzene rings is 1. The molecule has 194 valence electrons. The van der Waals surface area contributed by atoms with Crippen LogP contribution in [-0.2, 0) is 32.1 Å². The van der Waals surface area contributed by atoms with Crippen LogP contribution in [0.3, 0.4) is 0 Å². The number of likely N-dealkylation sites (N-methyl/N-ethyl adjacent to an activating group) is 1. The van der Waals surface area contributed by atoms with Gasteiger partial charge in [0.1, 0.15) is 5.75 Å². The lowest BCUT2D eigenvalue weighted by Gasteiger charge is -2.52. The van der Waals surface area contributed by atoms with E-state index >= 15 is 0 Å². The Morgan fingerprint density at radius 1 is 1.19 bits per heavy atom. The van der Waals surface area contributed by atoms with Crippen molar-refractivity contribution < 1.29 is 34.2 Å². The fourth-order valence-corrected chi connectivity index (χ4v) is 6.51. The Hall–Kier alpha value is -2.66. The van der Waals surface area contributed by atoms with Crippen LogP contribution >= 0.6 is 11.6 Å². The van der Waals surface area contributed by atoms with Crippen LogP contribution in [0.2, 0.25) is 5.02 Å². The first-order valence-electron chi connectivity index (χ1n) is 11.8. The van der Waals surface area contributed by atoms with Crippen molar-refractivity contribution in [1.29, 1.82) is 0 Å². The average Bonchev–Trinajstić information content (AvgIpc) is 2.78. The molecule has 4 N–H and O–H groups in total. The van der Waals surface area contributed by atoms with Gasteiger partial charge in [-0.15, -0.1) is 0 Å². The zero-order valence-corrected chi connectivity index (χ0v) is 21.3. The molecule has 0 bridgehead atoms. The number of phenolic OH excluding ortho intramolecular Hbond substituents is 1. The van der Waals surface area contributed by atoms with Gasteiger partial charge in [0.2, 0.25) is 5.91 Å². The molecule has 10 nitrogen and oxygen atoms in total. The van der Waals surface area contributed by atoms with Crippen molar-refractivity contribution in [2.75, 3.05) is 27.7 Å². The molecular weight excluding hydrogens is 490 g/mol. The molecule has 2 saturated carbocycles. The molecule has 0 aromatic heterocycles. The summed E-state index contributed by atoms with van der Waals surface area (Å²) in [5.74, 6) is -10.7. The molecule has 0 spiro atoms. The Balaban J connectivity index is 1.84. The van der Waals surface area contributed by atoms with Crippen LogP contribution in [0.4, 0.5) is 0 Å². The quantitative estimate of drug-likeness (QED) is 0.454. The lowest BCUT2D eigenvalue weighted by Crippen LogP contribution is -2.74. The maximum absolute atomic E-state index is 13.7. The van der Waals surface area contributed by atoms with E-state index in [1.807, 2.05) is 18.9 Å². The van der Waals surface area contributed by atoms with E-state index < -0.39 is 64.4 Å². The second-order valence-corrected chi connectivity index (χ2v) is 10.7. The summed E-state index contributed by atoms with van der Waals surface area (Å²) < 4.78 is 0. The number of primary amides is 1. The Morgan fingerprint density at radius 2 is 1.83 bits per heavy atom. The van der Waals surface area contributed by atoms with Gasteiger partial charge >= 0.3 is 0 Å². The van der Waals surface area contributed by atoms with Gasteiger partial charge < -0.3 is 20.8 Å². The number of Topliss-reactive ketones (excluding diaryl/α,β-unsaturated/α-hetero) is 4. The number of carbonyl (C=O) groups is 5. The third kappa shape index (κ3) is 3.61. The summed E-state index contributed by atoms with van der Waals surface area (Å²) in [7, 11) is 4.97. The fraction of sp³-hybridized carbons (Fsp3) is 0.560. The standard InChI is InChI=1S/C25H30ClN3O7/c1-5-29(4)9-11-8-14(30)16-12(18(11)26)6-10-7-13-19(28(2)3)21(32)17(24(27)35)23(34)25(13,36)22(33)15(10)20(16)31/h8,10,13,15,17,19,30,36H,5-7,9H2,1-4H3,(H2,27,35)/t10-,13-,15?,17?,19-,25-/m0/s1. The molecule has 2 unspecified atom stereocenters. The predicted octanol–water partition coefficient (Wildman–Crippen LogP) is -0.0279. The maximum Gasteiger partial charge on any atom is 0.235 e. The first-order chi connectivity index (χ1) is 16.8. The Morgan fingerprint density at radius 3 is 2.39 bits per heavy atom. The van der Waals surface area contributed by atoms with Gasteiger partial charge in [-0.2, -0.15) is 0 Å². The molecular formula is C25H30ClN3O7. The van der Waals surface area contributed by atoms with Crippen molar-refractivity contribution in [3.05, 3.63) is 27.8 Å². The van der Waals surface area contributed by atoms with Crippen LogP contribution in [0.1, 0.15) is 34.8 Å². The molecule has 4 rings (SSSR count). The Kier molecular flexibility index (Phi) is 6.62. The average molecular weight is 520 g/mol. The number of fused-ring (bicyclic) bond motifs is 3. The van der Waals surface area contributed by atoms with Crippen molar-refractivity contribution in [2.24, 2.45) is 29.4 Å². The van der Waals surface area contributed by atoms with E-state index in [4.69, 9.17) is 17.3 Å². The normalized spacial score (nSPS) is 31.9. The highest BCUT2D eigenvalue weighted by molar-refractivity contribution is 6.34. The summed E-state index contributed by atoms with van der Waals surface area (Å²) in [4.78, 5) is 69.1. The first-order valence-corrected chi connectivity index (χ1v) is 12.2. The maximum atomic E-state index is 13.7. The SMILES string of the molecule is CCN(C)Cc1cc(O)c2c(c1Cl)C[C@H]1C[C@H]3[C@H](N(C)C)C(=O)C(C(N)=O)C(=O)[C@@]3(O)C(=O)C1C2=O. The largest absolute Gasteiger partial charge is 0.507 e. The number of halogens is 1. The number of nitrogens with zero attached hydrogens (tertiary/aromatic N) is 2. The van der Waals surface area contributed by atoms with E-state index in [-0.39, 0.29) is 24.2 Å². The second kappa shape index (κ2) is 9.02. The molecule has 0 radical (unpaired) electrons. The molecule has 0 aliphatic heterocycles. The van der Waals surface area contributed by atoms with Crippen LogP contribution < -0.4 is 5.73 Å². The molecule has 11 heteroatoms. The summed E-state index contributed by atoms with van der Waals surface area (Å²) >= 11 is 6.68. The van der Waals surface area contributed by atoms with Gasteiger partial charge in [-0.3, -0.25) is 28.9 Å². The molecule has 0 heterocycles. The van der Waals surface area contributed by atoms with Crippen LogP contribution in [-0.4, -0.2) is 88.4 Å². The van der Waals surface area contributed by atoms with Crippen molar-refractivity contribution >= 4 is 40.6 Å². The molecule has 1 aromatic rings. The summed E-state index contributed by atoms with van der Waals surface area (Å²) in [6, 6.07) is 0.256. The van der Waals surface area contributed by atoms with Gasteiger partial charge in [-0.25, -0.2) is 0 Å². The molecule has 2 fully saturated rings. The number of amides is 1. The molecule has 3 aliphatic carbocycles. The number of ketones is 4. The van der Waals surface area contributed by atoms with Crippen LogP contribution in [0.5, 0.6) is 5.75 Å². The van der Waals surface area contributed by atoms with Crippen molar-refractivity contribution in [3.8, 4) is 5.75 Å². The van der Waals surface area contributed by atoms with E-state index in [1.165, 1.54) is 11.0 Å². The minimum absolute atomic E-state index is 0.0138. The fourth-order valence-electron chi connectivity index (χ4n) is 6.23. The highest BCUT2D eigenvalue weighted by atomic mass is 35.5. The molecule has 0 saturated heterocycles. The van der Waals surface area contributed by atoms with E-state index in [9.17, 15) is 34.2 Å². The zero-order valence-electron chi connectivity index (χ0n) is 20.6. The van der Waals surface area contributed by atoms with Gasteiger partial charge in [0.15, 0.2) is 34.7 Å². The number of hydrogen-bond acceptors (Lipinski definition) is 9. The highest BCUT2D eigenvalue weighted by Gasteiger charge is 2.69. The number of phenols is 1. The summed E-state index contributed by atoms with van der Waals surface area (Å²) in [6.45, 7) is 3.12. The molecule has 1 amide bonds. The zero-order chi connectivity index (χ0) is 26.9. The summed E-state index contributed by atoms with van der Waals surface area (Å²) in [5.41, 5.74) is 3.51. The molecule has 1 aromatic carbocycles. The second-order valence-electron chi connectivity index (χ2n) is 10.3. The van der Waals surface area contributed by atoms with Crippen molar-refractivity contribution in [1.82, 2.24) is 9.80 Å². The summed E-state index contributed by atoms with van der Waals surface area (Å²) in [6.07, 6.45) is 0.127. The first kappa shape index (κ1) is 26.4. The number of nitrogens with two attached hydrogens (primary N) is 1. The van der Waals surface area contributed by atoms with Crippen LogP contribution in [0.25, 0.3) is 0 Å². The Bertz CT molecular complexity index is 1200. The van der Waals surface area contributed by atoms with Gasteiger partial charge in [0, 0.05) is 17.5 Å². The smallest absolute Gasteiger partial charge is 0.235 e. The van der Waals surface area contributed by atoms with Gasteiger partial charge in [-0.1, -0.05) is 18.5 Å². The van der Waals surface area contributed by atoms with E-state index in [2.05, 4.69) is 0 Å². The lowest BCUT2D eigenvalue weighted by atomic mass is 9.52. The highest BCUT2D eigenvalue weighted by Crippen LogP contribution is 2.51. The molecule has 36 heavy (non-hydrogen) atoms. The van der Waals surface area contributed by atoms with E-state index in [1.54, 1.807) is 14.1 Å². The molecule has 3 aliphatic rings. The third-order valence-electron chi connectivity index (χ3n) is 8.05. The third-order valence-corrected chi connectivity index (χ3v) is 8.52. The van der Waals surface area contributed by atoms with Gasteiger partial charge in [0.05, 0.1) is 17.5 Å². The number of aliphatic hydroxyl groups is 1. The van der Waals surface area contributed by atoms with Gasteiger partial charge in [0.25, 0.3) is 0 Å². The van der Waals surface area contributed by atoms with Crippen molar-refractivity contribution in [3.63, 3.8) is 0 Å². The van der Waals surface area contributed by atoms with E-state index in [0.29, 0.717) is 22.7 Å². The van der Waals surface area contributed by atoms with Gasteiger partial charge in [-0.05, 0) is 63.6 Å². The van der Waals surface area contributed by atoms with Crippen LogP contribution in [0, 0.1) is 23.7 Å². The van der Waals surface area contributed by atoms with Crippen molar-refractivity contribution in [2.45, 2.75) is 38.0 Å². The number of hydrogen-bond donors (Lipinski definition) is 3. The number of carbonyl (C=O) groups excluding carboxylic acids is 5. The molecule has 6 atom stereocenters. The van der Waals surface area contributed by atoms with E-state index in [0.717, 1.165) is 6.54 Å².